The van der Waals surface area contributed by atoms with Gasteiger partial charge in [-0.15, -0.1) is 0 Å². The van der Waals surface area contributed by atoms with Crippen molar-refractivity contribution in [2.24, 2.45) is 0 Å². The van der Waals surface area contributed by atoms with E-state index < -0.39 is 17.6 Å². The average molecular weight is 328 g/mol. The summed E-state index contributed by atoms with van der Waals surface area (Å²) in [7, 11) is 0. The third-order valence-electron chi connectivity index (χ3n) is 2.41. The van der Waals surface area contributed by atoms with Gasteiger partial charge in [0.05, 0.1) is 16.9 Å². The molecule has 0 amide bonds. The van der Waals surface area contributed by atoms with Crippen LogP contribution in [-0.4, -0.2) is 11.1 Å². The van der Waals surface area contributed by atoms with E-state index in [4.69, 9.17) is 5.11 Å². The number of halogens is 3. The molecule has 0 atom stereocenters. The first kappa shape index (κ1) is 13.5. The van der Waals surface area contributed by atoms with Crippen LogP contribution in [0.2, 0.25) is 0 Å². The number of hydrogen-bond acceptors (Lipinski definition) is 2. The Morgan fingerprint density at radius 1 is 1.11 bits per heavy atom. The first-order valence-corrected chi connectivity index (χ1v) is 6.01. The van der Waals surface area contributed by atoms with Crippen LogP contribution in [0.5, 0.6) is 0 Å². The third-order valence-corrected chi connectivity index (χ3v) is 2.91. The number of aromatic carboxylic acids is 1. The molecule has 2 rings (SSSR count). The van der Waals surface area contributed by atoms with Crippen LogP contribution in [-0.2, 0) is 0 Å². The largest absolute Gasteiger partial charge is 0.478 e. The van der Waals surface area contributed by atoms with Gasteiger partial charge in [0.25, 0.3) is 0 Å². The Hall–Kier alpha value is -1.95. The lowest BCUT2D eigenvalue weighted by molar-refractivity contribution is 0.0698. The van der Waals surface area contributed by atoms with Crippen LogP contribution < -0.4 is 5.32 Å². The Bertz CT molecular complexity index is 647. The van der Waals surface area contributed by atoms with E-state index in [1.807, 2.05) is 0 Å². The minimum Gasteiger partial charge on any atom is -0.478 e. The molecule has 0 aromatic heterocycles. The minimum absolute atomic E-state index is 0.00185. The number of carbonyl (C=O) groups is 1. The standard InChI is InChI=1S/C13H8BrF2NO2/c14-7-1-3-9(13(18)19)12(5-7)17-11-4-2-8(15)6-10(11)16/h1-6,17H,(H,18,19). The Balaban J connectivity index is 2.42. The third kappa shape index (κ3) is 3.08. The lowest BCUT2D eigenvalue weighted by atomic mass is 10.1. The van der Waals surface area contributed by atoms with Crippen LogP contribution in [0.15, 0.2) is 40.9 Å². The summed E-state index contributed by atoms with van der Waals surface area (Å²) in [5.41, 5.74) is 0.210. The maximum atomic E-state index is 13.5. The van der Waals surface area contributed by atoms with Crippen LogP contribution >= 0.6 is 15.9 Å². The molecular formula is C13H8BrF2NO2. The molecule has 0 aliphatic carbocycles. The van der Waals surface area contributed by atoms with E-state index >= 15 is 0 Å². The quantitative estimate of drug-likeness (QED) is 0.889. The fourth-order valence-electron chi connectivity index (χ4n) is 1.54. The van der Waals surface area contributed by atoms with Crippen LogP contribution in [0.1, 0.15) is 10.4 Å². The van der Waals surface area contributed by atoms with E-state index in [1.54, 1.807) is 6.07 Å². The van der Waals surface area contributed by atoms with Crippen molar-refractivity contribution in [3.05, 3.63) is 58.1 Å². The summed E-state index contributed by atoms with van der Waals surface area (Å²) in [6, 6.07) is 7.47. The molecule has 0 unspecified atom stereocenters. The zero-order chi connectivity index (χ0) is 14.0. The van der Waals surface area contributed by atoms with Crippen molar-refractivity contribution >= 4 is 33.3 Å². The predicted octanol–water partition coefficient (Wildman–Crippen LogP) is 4.17. The fraction of sp³-hybridized carbons (Fsp3) is 0. The molecule has 0 spiro atoms. The van der Waals surface area contributed by atoms with Gasteiger partial charge in [-0.1, -0.05) is 15.9 Å². The van der Waals surface area contributed by atoms with Crippen LogP contribution in [0.3, 0.4) is 0 Å². The minimum atomic E-state index is -1.14. The topological polar surface area (TPSA) is 49.3 Å². The van der Waals surface area contributed by atoms with Gasteiger partial charge in [-0.2, -0.15) is 0 Å². The molecular weight excluding hydrogens is 320 g/mol. The summed E-state index contributed by atoms with van der Waals surface area (Å²) in [6.45, 7) is 0. The lowest BCUT2D eigenvalue weighted by Crippen LogP contribution is -2.03. The number of nitrogens with one attached hydrogen (secondary N) is 1. The van der Waals surface area contributed by atoms with Gasteiger partial charge in [-0.25, -0.2) is 13.6 Å². The van der Waals surface area contributed by atoms with Crippen molar-refractivity contribution in [1.82, 2.24) is 0 Å². The van der Waals surface area contributed by atoms with Crippen molar-refractivity contribution in [3.8, 4) is 0 Å². The van der Waals surface area contributed by atoms with Crippen molar-refractivity contribution in [1.29, 1.82) is 0 Å². The van der Waals surface area contributed by atoms with Gasteiger partial charge < -0.3 is 10.4 Å². The molecule has 0 heterocycles. The molecule has 6 heteroatoms. The number of carboxylic acids is 1. The SMILES string of the molecule is O=C(O)c1ccc(Br)cc1Nc1ccc(F)cc1F. The Kier molecular flexibility index (Phi) is 3.80. The van der Waals surface area contributed by atoms with Gasteiger partial charge in [-0.05, 0) is 30.3 Å². The highest BCUT2D eigenvalue weighted by atomic mass is 79.9. The molecule has 19 heavy (non-hydrogen) atoms. The molecule has 0 radical (unpaired) electrons. The molecule has 3 nitrogen and oxygen atoms in total. The maximum absolute atomic E-state index is 13.5. The van der Waals surface area contributed by atoms with Crippen molar-refractivity contribution < 1.29 is 18.7 Å². The lowest BCUT2D eigenvalue weighted by Gasteiger charge is -2.11. The molecule has 0 aliphatic rings. The normalized spacial score (nSPS) is 10.3. The van der Waals surface area contributed by atoms with Crippen LogP contribution in [0.25, 0.3) is 0 Å². The van der Waals surface area contributed by atoms with Crippen molar-refractivity contribution in [3.63, 3.8) is 0 Å². The van der Waals surface area contributed by atoms with Gasteiger partial charge in [0, 0.05) is 10.5 Å². The zero-order valence-corrected chi connectivity index (χ0v) is 11.0. The van der Waals surface area contributed by atoms with E-state index in [-0.39, 0.29) is 16.9 Å². The first-order valence-electron chi connectivity index (χ1n) is 5.22. The smallest absolute Gasteiger partial charge is 0.337 e. The summed E-state index contributed by atoms with van der Waals surface area (Å²) in [5.74, 6) is -2.63. The van der Waals surface area contributed by atoms with Crippen molar-refractivity contribution in [2.45, 2.75) is 0 Å². The Morgan fingerprint density at radius 2 is 1.84 bits per heavy atom. The average Bonchev–Trinajstić information content (AvgIpc) is 2.32. The van der Waals surface area contributed by atoms with E-state index in [1.165, 1.54) is 18.2 Å². The molecule has 98 valence electrons. The molecule has 0 aliphatic heterocycles. The number of anilines is 2. The van der Waals surface area contributed by atoms with E-state index in [9.17, 15) is 13.6 Å². The fourth-order valence-corrected chi connectivity index (χ4v) is 1.90. The molecule has 2 aromatic rings. The molecule has 2 N–H and O–H groups in total. The number of hydrogen-bond donors (Lipinski definition) is 2. The number of benzene rings is 2. The van der Waals surface area contributed by atoms with Gasteiger partial charge in [0.2, 0.25) is 0 Å². The highest BCUT2D eigenvalue weighted by Crippen LogP contribution is 2.26. The van der Waals surface area contributed by atoms with E-state index in [0.717, 1.165) is 12.1 Å². The first-order chi connectivity index (χ1) is 8.97. The second kappa shape index (κ2) is 5.36. The second-order valence-electron chi connectivity index (χ2n) is 3.74. The monoisotopic (exact) mass is 327 g/mol. The number of rotatable bonds is 3. The maximum Gasteiger partial charge on any atom is 0.337 e. The van der Waals surface area contributed by atoms with Gasteiger partial charge in [0.1, 0.15) is 11.6 Å². The summed E-state index contributed by atoms with van der Waals surface area (Å²) in [5, 5.41) is 11.7. The van der Waals surface area contributed by atoms with Gasteiger partial charge >= 0.3 is 5.97 Å². The summed E-state index contributed by atoms with van der Waals surface area (Å²) in [4.78, 5) is 11.1. The Labute approximate surface area is 116 Å². The molecule has 0 bridgehead atoms. The molecule has 2 aromatic carbocycles. The predicted molar refractivity (Wildman–Crippen MR) is 70.7 cm³/mol. The molecule has 0 saturated heterocycles. The van der Waals surface area contributed by atoms with Gasteiger partial charge in [-0.3, -0.25) is 0 Å². The molecule has 0 saturated carbocycles. The summed E-state index contributed by atoms with van der Waals surface area (Å²) < 4.78 is 26.9. The van der Waals surface area contributed by atoms with Crippen molar-refractivity contribution in [2.75, 3.05) is 5.32 Å². The zero-order valence-electron chi connectivity index (χ0n) is 9.45. The van der Waals surface area contributed by atoms with Gasteiger partial charge in [0.15, 0.2) is 0 Å². The second-order valence-corrected chi connectivity index (χ2v) is 4.66. The highest BCUT2D eigenvalue weighted by Gasteiger charge is 2.12. The summed E-state index contributed by atoms with van der Waals surface area (Å²) >= 11 is 3.20. The number of carboxylic acid groups (broad SMARTS) is 1. The highest BCUT2D eigenvalue weighted by molar-refractivity contribution is 9.10. The van der Waals surface area contributed by atoms with E-state index in [2.05, 4.69) is 21.2 Å². The summed E-state index contributed by atoms with van der Waals surface area (Å²) in [6.07, 6.45) is 0. The molecule has 0 fully saturated rings. The Morgan fingerprint density at radius 3 is 2.47 bits per heavy atom. The van der Waals surface area contributed by atoms with E-state index in [0.29, 0.717) is 4.47 Å². The van der Waals surface area contributed by atoms with Crippen LogP contribution in [0.4, 0.5) is 20.2 Å². The van der Waals surface area contributed by atoms with Crippen LogP contribution in [0, 0.1) is 11.6 Å².